The Kier molecular flexibility index (Phi) is 4.45. The predicted octanol–water partition coefficient (Wildman–Crippen LogP) is 1.39. The molecule has 130 valence electrons. The lowest BCUT2D eigenvalue weighted by Crippen LogP contribution is -2.64. The second-order valence-corrected chi connectivity index (χ2v) is 6.48. The number of likely N-dealkylation sites (tertiary alicyclic amines) is 1. The second kappa shape index (κ2) is 6.39. The number of rotatable bonds is 3. The number of nitrogens with zero attached hydrogens (tertiary/aromatic N) is 3. The Balaban J connectivity index is 1.68. The fraction of sp³-hybridized carbons (Fsp3) is 0.588. The number of carbonyl (C=O) groups excluding carboxylic acids is 2. The van der Waals surface area contributed by atoms with Gasteiger partial charge in [-0.25, -0.2) is 0 Å². The third-order valence-corrected chi connectivity index (χ3v) is 5.10. The van der Waals surface area contributed by atoms with E-state index in [1.807, 2.05) is 11.8 Å². The first kappa shape index (κ1) is 16.7. The van der Waals surface area contributed by atoms with Crippen LogP contribution in [0.4, 0.5) is 0 Å². The average molecular weight is 333 g/mol. The van der Waals surface area contributed by atoms with Gasteiger partial charge in [0, 0.05) is 25.7 Å². The van der Waals surface area contributed by atoms with Crippen LogP contribution in [0.2, 0.25) is 0 Å². The fourth-order valence-corrected chi connectivity index (χ4v) is 3.59. The van der Waals surface area contributed by atoms with Crippen molar-refractivity contribution < 1.29 is 18.8 Å². The molecule has 2 aliphatic heterocycles. The van der Waals surface area contributed by atoms with Crippen LogP contribution < -0.4 is 0 Å². The number of ether oxygens (including phenoxy) is 1. The molecule has 1 spiro atoms. The summed E-state index contributed by atoms with van der Waals surface area (Å²) in [4.78, 5) is 28.1. The maximum atomic E-state index is 12.5. The lowest BCUT2D eigenvalue weighted by molar-refractivity contribution is -0.183. The topological polar surface area (TPSA) is 75.9 Å². The van der Waals surface area contributed by atoms with E-state index in [1.54, 1.807) is 24.0 Å². The largest absolute Gasteiger partial charge is 0.363 e. The van der Waals surface area contributed by atoms with E-state index in [-0.39, 0.29) is 24.5 Å². The zero-order chi connectivity index (χ0) is 17.3. The summed E-state index contributed by atoms with van der Waals surface area (Å²) < 4.78 is 10.9. The number of hydrogen-bond donors (Lipinski definition) is 0. The van der Waals surface area contributed by atoms with E-state index in [9.17, 15) is 9.59 Å². The first-order valence-electron chi connectivity index (χ1n) is 8.24. The van der Waals surface area contributed by atoms with E-state index in [0.717, 1.165) is 0 Å². The molecule has 0 unspecified atom stereocenters. The molecular formula is C17H23N3O4. The lowest BCUT2D eigenvalue weighted by atomic mass is 9.82. The minimum atomic E-state index is -0.395. The molecule has 1 atom stereocenters. The van der Waals surface area contributed by atoms with Crippen molar-refractivity contribution in [1.82, 2.24) is 15.0 Å². The predicted molar refractivity (Wildman–Crippen MR) is 86.4 cm³/mol. The summed E-state index contributed by atoms with van der Waals surface area (Å²) in [5.41, 5.74) is -0.0579. The van der Waals surface area contributed by atoms with Crippen molar-refractivity contribution in [2.24, 2.45) is 0 Å². The maximum Gasteiger partial charge on any atom is 0.276 e. The van der Waals surface area contributed by atoms with Gasteiger partial charge in [0.1, 0.15) is 12.4 Å². The highest BCUT2D eigenvalue weighted by Gasteiger charge is 2.48. The van der Waals surface area contributed by atoms with Crippen LogP contribution in [0.3, 0.4) is 0 Å². The molecule has 2 aliphatic rings. The van der Waals surface area contributed by atoms with Gasteiger partial charge in [0.2, 0.25) is 5.91 Å². The zero-order valence-corrected chi connectivity index (χ0v) is 14.2. The van der Waals surface area contributed by atoms with Crippen molar-refractivity contribution in [2.75, 3.05) is 26.2 Å². The van der Waals surface area contributed by atoms with E-state index < -0.39 is 5.60 Å². The highest BCUT2D eigenvalue weighted by Crippen LogP contribution is 2.35. The van der Waals surface area contributed by atoms with Crippen LogP contribution in [0.1, 0.15) is 36.0 Å². The van der Waals surface area contributed by atoms with Crippen molar-refractivity contribution in [2.45, 2.75) is 38.3 Å². The van der Waals surface area contributed by atoms with Gasteiger partial charge in [-0.3, -0.25) is 9.59 Å². The molecule has 1 aromatic rings. The molecule has 1 aromatic heterocycles. The summed E-state index contributed by atoms with van der Waals surface area (Å²) in [7, 11) is 0. The number of piperidine rings is 1. The van der Waals surface area contributed by atoms with Crippen molar-refractivity contribution in [1.29, 1.82) is 0 Å². The Labute approximate surface area is 141 Å². The minimum Gasteiger partial charge on any atom is -0.363 e. The number of hydrogen-bond acceptors (Lipinski definition) is 5. The van der Waals surface area contributed by atoms with Gasteiger partial charge in [0.25, 0.3) is 5.91 Å². The Morgan fingerprint density at radius 3 is 2.79 bits per heavy atom. The van der Waals surface area contributed by atoms with Gasteiger partial charge in [-0.1, -0.05) is 11.2 Å². The number of aromatic nitrogens is 1. The smallest absolute Gasteiger partial charge is 0.276 e. The summed E-state index contributed by atoms with van der Waals surface area (Å²) in [6, 6.07) is 1.61. The summed E-state index contributed by atoms with van der Waals surface area (Å²) in [6.45, 7) is 9.26. The molecule has 2 fully saturated rings. The molecule has 2 saturated heterocycles. The van der Waals surface area contributed by atoms with E-state index >= 15 is 0 Å². The first-order chi connectivity index (χ1) is 11.5. The molecule has 3 rings (SSSR count). The van der Waals surface area contributed by atoms with E-state index in [0.29, 0.717) is 43.9 Å². The third kappa shape index (κ3) is 2.84. The van der Waals surface area contributed by atoms with Crippen LogP contribution in [0.25, 0.3) is 0 Å². The van der Waals surface area contributed by atoms with E-state index in [2.05, 4.69) is 11.7 Å². The van der Waals surface area contributed by atoms with Gasteiger partial charge < -0.3 is 19.1 Å². The molecule has 0 N–H and O–H groups in total. The molecule has 0 bridgehead atoms. The van der Waals surface area contributed by atoms with Gasteiger partial charge in [0.05, 0.1) is 11.6 Å². The summed E-state index contributed by atoms with van der Waals surface area (Å²) in [6.07, 6.45) is 3.12. The van der Waals surface area contributed by atoms with Gasteiger partial charge in [0.15, 0.2) is 5.69 Å². The van der Waals surface area contributed by atoms with Gasteiger partial charge in [-0.05, 0) is 26.7 Å². The van der Waals surface area contributed by atoms with Crippen LogP contribution in [-0.4, -0.2) is 64.7 Å². The Morgan fingerprint density at radius 1 is 1.50 bits per heavy atom. The third-order valence-electron chi connectivity index (χ3n) is 5.10. The molecule has 2 amide bonds. The second-order valence-electron chi connectivity index (χ2n) is 6.48. The highest BCUT2D eigenvalue weighted by atomic mass is 16.5. The standard InChI is InChI=1S/C17H23N3O4/c1-4-7-20-13(3)17(23-11-15(20)21)5-8-19(9-6-17)16(22)14-10-12(2)24-18-14/h4,10,13H,1,5-9,11H2,2-3H3/t13-/m1/s1. The molecule has 3 heterocycles. The van der Waals surface area contributed by atoms with Gasteiger partial charge in [-0.2, -0.15) is 0 Å². The molecule has 0 saturated carbocycles. The molecule has 7 nitrogen and oxygen atoms in total. The first-order valence-corrected chi connectivity index (χ1v) is 8.24. The Hall–Kier alpha value is -2.15. The number of carbonyl (C=O) groups is 2. The molecule has 7 heteroatoms. The van der Waals surface area contributed by atoms with Crippen molar-refractivity contribution in [3.63, 3.8) is 0 Å². The van der Waals surface area contributed by atoms with E-state index in [1.165, 1.54) is 0 Å². The SMILES string of the molecule is C=CCN1C(=O)COC2(CCN(C(=O)c3cc(C)on3)CC2)[C@H]1C. The van der Waals surface area contributed by atoms with Crippen LogP contribution in [0, 0.1) is 6.92 Å². The number of aryl methyl sites for hydroxylation is 1. The number of morpholine rings is 1. The normalized spacial score (nSPS) is 23.6. The lowest BCUT2D eigenvalue weighted by Gasteiger charge is -2.51. The molecule has 0 aromatic carbocycles. The highest BCUT2D eigenvalue weighted by molar-refractivity contribution is 5.92. The number of amides is 2. The van der Waals surface area contributed by atoms with Crippen LogP contribution in [0.5, 0.6) is 0 Å². The van der Waals surface area contributed by atoms with Crippen LogP contribution >= 0.6 is 0 Å². The van der Waals surface area contributed by atoms with Gasteiger partial charge in [-0.15, -0.1) is 6.58 Å². The Morgan fingerprint density at radius 2 is 2.21 bits per heavy atom. The maximum absolute atomic E-state index is 12.5. The van der Waals surface area contributed by atoms with Crippen molar-refractivity contribution in [3.8, 4) is 0 Å². The van der Waals surface area contributed by atoms with E-state index in [4.69, 9.17) is 9.26 Å². The van der Waals surface area contributed by atoms with Gasteiger partial charge >= 0.3 is 0 Å². The molecule has 0 aliphatic carbocycles. The summed E-state index contributed by atoms with van der Waals surface area (Å²) >= 11 is 0. The minimum absolute atomic E-state index is 0.00963. The average Bonchev–Trinajstić information content (AvgIpc) is 3.02. The molecular weight excluding hydrogens is 310 g/mol. The monoisotopic (exact) mass is 333 g/mol. The summed E-state index contributed by atoms with van der Waals surface area (Å²) in [5.74, 6) is 0.489. The van der Waals surface area contributed by atoms with Crippen molar-refractivity contribution >= 4 is 11.8 Å². The van der Waals surface area contributed by atoms with Crippen LogP contribution in [0.15, 0.2) is 23.2 Å². The fourth-order valence-electron chi connectivity index (χ4n) is 3.59. The summed E-state index contributed by atoms with van der Waals surface area (Å²) in [5, 5.41) is 3.79. The Bertz CT molecular complexity index is 646. The molecule has 0 radical (unpaired) electrons. The molecule has 24 heavy (non-hydrogen) atoms. The quantitative estimate of drug-likeness (QED) is 0.782. The van der Waals surface area contributed by atoms with Crippen LogP contribution in [-0.2, 0) is 9.53 Å². The zero-order valence-electron chi connectivity index (χ0n) is 14.2. The van der Waals surface area contributed by atoms with Crippen molar-refractivity contribution in [3.05, 3.63) is 30.2 Å².